The SMILES string of the molecule is C=Cc1nc2n(C(/C(C)=C\C)=C(\C)CC)c(=O)c3cnc(Nc4ccc(N5CCN(C)CC5)cc4)nc3n2c1/C=C\C. The fourth-order valence-corrected chi connectivity index (χ4v) is 5.39. The third-order valence-corrected chi connectivity index (χ3v) is 8.01. The van der Waals surface area contributed by atoms with E-state index in [9.17, 15) is 4.79 Å². The fourth-order valence-electron chi connectivity index (χ4n) is 5.39. The molecule has 9 heteroatoms. The summed E-state index contributed by atoms with van der Waals surface area (Å²) in [5, 5.41) is 3.74. The van der Waals surface area contributed by atoms with Gasteiger partial charge in [0, 0.05) is 43.8 Å². The molecular weight excluding hydrogens is 524 g/mol. The Balaban J connectivity index is 1.66. The number of likely N-dealkylation sites (N-methyl/N-ethyl adjacent to an activating group) is 1. The van der Waals surface area contributed by atoms with Crippen LogP contribution in [-0.2, 0) is 0 Å². The molecule has 4 heterocycles. The molecule has 5 rings (SSSR count). The van der Waals surface area contributed by atoms with Gasteiger partial charge in [0.05, 0.1) is 17.1 Å². The van der Waals surface area contributed by atoms with Crippen LogP contribution in [0.5, 0.6) is 0 Å². The first-order valence-corrected chi connectivity index (χ1v) is 14.5. The molecule has 1 aliphatic rings. The molecule has 0 unspecified atom stereocenters. The van der Waals surface area contributed by atoms with Crippen molar-refractivity contribution in [2.24, 2.45) is 0 Å². The molecule has 42 heavy (non-hydrogen) atoms. The Morgan fingerprint density at radius 1 is 1.07 bits per heavy atom. The van der Waals surface area contributed by atoms with Crippen molar-refractivity contribution in [1.82, 2.24) is 28.8 Å². The van der Waals surface area contributed by atoms with Gasteiger partial charge in [0.1, 0.15) is 5.39 Å². The van der Waals surface area contributed by atoms with Gasteiger partial charge >= 0.3 is 0 Å². The molecule has 218 valence electrons. The zero-order chi connectivity index (χ0) is 30.0. The predicted molar refractivity (Wildman–Crippen MR) is 175 cm³/mol. The molecule has 0 saturated carbocycles. The summed E-state index contributed by atoms with van der Waals surface area (Å²) in [5.74, 6) is 0.888. The highest BCUT2D eigenvalue weighted by Crippen LogP contribution is 2.28. The lowest BCUT2D eigenvalue weighted by Crippen LogP contribution is -2.44. The lowest BCUT2D eigenvalue weighted by Gasteiger charge is -2.34. The molecular formula is C33H40N8O. The van der Waals surface area contributed by atoms with Crippen LogP contribution in [0.15, 0.2) is 65.1 Å². The van der Waals surface area contributed by atoms with Gasteiger partial charge in [-0.05, 0) is 88.7 Å². The van der Waals surface area contributed by atoms with Crippen molar-refractivity contribution in [2.45, 2.75) is 41.0 Å². The van der Waals surface area contributed by atoms with Crippen LogP contribution in [0.2, 0.25) is 0 Å². The van der Waals surface area contributed by atoms with E-state index >= 15 is 0 Å². The highest BCUT2D eigenvalue weighted by Gasteiger charge is 2.23. The summed E-state index contributed by atoms with van der Waals surface area (Å²) in [6.45, 7) is 18.2. The van der Waals surface area contributed by atoms with Gasteiger partial charge in [-0.25, -0.2) is 14.5 Å². The Kier molecular flexibility index (Phi) is 8.40. The van der Waals surface area contributed by atoms with Crippen molar-refractivity contribution in [3.8, 4) is 0 Å². The van der Waals surface area contributed by atoms with Gasteiger partial charge in [-0.2, -0.15) is 4.98 Å². The number of hydrogen-bond acceptors (Lipinski definition) is 7. The van der Waals surface area contributed by atoms with E-state index in [4.69, 9.17) is 9.97 Å². The Hall–Kier alpha value is -4.50. The van der Waals surface area contributed by atoms with Gasteiger partial charge in [-0.15, -0.1) is 0 Å². The van der Waals surface area contributed by atoms with E-state index in [1.165, 1.54) is 5.69 Å². The third-order valence-electron chi connectivity index (χ3n) is 8.01. The number of benzene rings is 1. The summed E-state index contributed by atoms with van der Waals surface area (Å²) in [5.41, 5.74) is 6.74. The number of allylic oxidation sites excluding steroid dienone is 5. The summed E-state index contributed by atoms with van der Waals surface area (Å²) in [7, 11) is 2.16. The summed E-state index contributed by atoms with van der Waals surface area (Å²) in [4.78, 5) is 33.2. The number of rotatable bonds is 8. The van der Waals surface area contributed by atoms with Gasteiger partial charge in [0.15, 0.2) is 5.65 Å². The summed E-state index contributed by atoms with van der Waals surface area (Å²) < 4.78 is 3.63. The second-order valence-electron chi connectivity index (χ2n) is 10.7. The number of nitrogens with one attached hydrogen (secondary N) is 1. The van der Waals surface area contributed by atoms with Gasteiger partial charge < -0.3 is 15.1 Å². The molecule has 0 radical (unpaired) electrons. The highest BCUT2D eigenvalue weighted by molar-refractivity contribution is 5.83. The number of fused-ring (bicyclic) bond motifs is 3. The largest absolute Gasteiger partial charge is 0.369 e. The van der Waals surface area contributed by atoms with E-state index in [0.717, 1.165) is 60.8 Å². The van der Waals surface area contributed by atoms with Gasteiger partial charge in [0.25, 0.3) is 5.56 Å². The minimum atomic E-state index is -0.211. The summed E-state index contributed by atoms with van der Waals surface area (Å²) in [6.07, 6.45) is 10.1. The minimum absolute atomic E-state index is 0.211. The molecule has 1 fully saturated rings. The summed E-state index contributed by atoms with van der Waals surface area (Å²) >= 11 is 0. The number of imidazole rings is 1. The molecule has 0 spiro atoms. The maximum absolute atomic E-state index is 14.2. The third kappa shape index (κ3) is 5.27. The first kappa shape index (κ1) is 29.0. The number of anilines is 3. The Labute approximate surface area is 247 Å². The van der Waals surface area contributed by atoms with E-state index in [-0.39, 0.29) is 5.56 Å². The van der Waals surface area contributed by atoms with Crippen LogP contribution in [0.3, 0.4) is 0 Å². The first-order chi connectivity index (χ1) is 20.3. The minimum Gasteiger partial charge on any atom is -0.369 e. The molecule has 4 aromatic rings. The Morgan fingerprint density at radius 2 is 1.79 bits per heavy atom. The fraction of sp³-hybridized carbons (Fsp3) is 0.333. The molecule has 1 aromatic carbocycles. The molecule has 1 saturated heterocycles. The second kappa shape index (κ2) is 12.2. The maximum atomic E-state index is 14.2. The maximum Gasteiger partial charge on any atom is 0.270 e. The Morgan fingerprint density at radius 3 is 2.40 bits per heavy atom. The average Bonchev–Trinajstić information content (AvgIpc) is 3.37. The predicted octanol–water partition coefficient (Wildman–Crippen LogP) is 6.22. The van der Waals surface area contributed by atoms with Gasteiger partial charge in [-0.3, -0.25) is 9.20 Å². The highest BCUT2D eigenvalue weighted by atomic mass is 16.1. The van der Waals surface area contributed by atoms with Crippen molar-refractivity contribution >= 4 is 52.0 Å². The number of hydrogen-bond donors (Lipinski definition) is 1. The first-order valence-electron chi connectivity index (χ1n) is 14.5. The van der Waals surface area contributed by atoms with E-state index in [0.29, 0.717) is 28.5 Å². The Bertz CT molecular complexity index is 1780. The second-order valence-corrected chi connectivity index (χ2v) is 10.7. The van der Waals surface area contributed by atoms with Crippen LogP contribution in [0, 0.1) is 0 Å². The van der Waals surface area contributed by atoms with Crippen molar-refractivity contribution < 1.29 is 0 Å². The molecule has 9 nitrogen and oxygen atoms in total. The molecule has 1 aliphatic heterocycles. The van der Waals surface area contributed by atoms with Crippen LogP contribution in [-0.4, -0.2) is 62.0 Å². The molecule has 3 aromatic heterocycles. The van der Waals surface area contributed by atoms with Crippen LogP contribution in [0.4, 0.5) is 17.3 Å². The quantitative estimate of drug-likeness (QED) is 0.255. The zero-order valence-corrected chi connectivity index (χ0v) is 25.5. The van der Waals surface area contributed by atoms with Crippen LogP contribution < -0.4 is 15.8 Å². The van der Waals surface area contributed by atoms with Crippen molar-refractivity contribution in [3.63, 3.8) is 0 Å². The summed E-state index contributed by atoms with van der Waals surface area (Å²) in [6, 6.07) is 8.32. The topological polar surface area (TPSA) is 83.6 Å². The molecule has 0 bridgehead atoms. The molecule has 0 amide bonds. The monoisotopic (exact) mass is 564 g/mol. The zero-order valence-electron chi connectivity index (χ0n) is 25.5. The number of nitrogens with zero attached hydrogens (tertiary/aromatic N) is 7. The lowest BCUT2D eigenvalue weighted by atomic mass is 10.1. The normalized spacial score (nSPS) is 15.6. The lowest BCUT2D eigenvalue weighted by molar-refractivity contribution is 0.313. The van der Waals surface area contributed by atoms with Crippen molar-refractivity contribution in [2.75, 3.05) is 43.4 Å². The van der Waals surface area contributed by atoms with Crippen LogP contribution in [0.25, 0.3) is 34.7 Å². The van der Waals surface area contributed by atoms with Gasteiger partial charge in [0.2, 0.25) is 11.7 Å². The number of aromatic nitrogens is 5. The van der Waals surface area contributed by atoms with Crippen LogP contribution >= 0.6 is 0 Å². The van der Waals surface area contributed by atoms with Crippen molar-refractivity contribution in [3.05, 3.63) is 82.1 Å². The average molecular weight is 565 g/mol. The standard InChI is InChI=1S/C33H40N8O/c1-8-12-28-27(11-4)36-33-40(28)30-26(31(42)41(33)29(22(5)9-2)23(6)10-3)21-34-32(37-30)35-24-13-15-25(16-14-24)39-19-17-38(7)18-20-39/h8-9,11-16,21H,4,10,17-20H2,1-3,5-7H3,(H,34,35,37)/b12-8-,22-9-,29-23+. The number of piperazine rings is 1. The smallest absolute Gasteiger partial charge is 0.270 e. The molecule has 0 atom stereocenters. The molecule has 0 aliphatic carbocycles. The molecule has 1 N–H and O–H groups in total. The van der Waals surface area contributed by atoms with Gasteiger partial charge in [-0.1, -0.05) is 25.7 Å². The van der Waals surface area contributed by atoms with E-state index < -0.39 is 0 Å². The van der Waals surface area contributed by atoms with Crippen LogP contribution in [0.1, 0.15) is 52.4 Å². The van der Waals surface area contributed by atoms with E-state index in [2.05, 4.69) is 59.7 Å². The van der Waals surface area contributed by atoms with Crippen molar-refractivity contribution in [1.29, 1.82) is 0 Å². The van der Waals surface area contributed by atoms with E-state index in [1.807, 2.05) is 55.5 Å². The van der Waals surface area contributed by atoms with E-state index in [1.54, 1.807) is 16.8 Å².